The molecule has 0 fully saturated rings. The zero-order valence-electron chi connectivity index (χ0n) is 16.5. The molecule has 0 aliphatic carbocycles. The first kappa shape index (κ1) is 18.2. The second-order valence-corrected chi connectivity index (χ2v) is 7.47. The molecule has 5 rings (SSSR count). The summed E-state index contributed by atoms with van der Waals surface area (Å²) in [4.78, 5) is 20.2. The van der Waals surface area contributed by atoms with Gasteiger partial charge in [-0.2, -0.15) is 5.10 Å². The Balaban J connectivity index is 1.76. The number of hydrogen-bond acceptors (Lipinski definition) is 4. The first-order valence-electron chi connectivity index (χ1n) is 9.94. The Kier molecular flexibility index (Phi) is 4.39. The van der Waals surface area contributed by atoms with Crippen LogP contribution < -0.4 is 0 Å². The van der Waals surface area contributed by atoms with Gasteiger partial charge in [-0.05, 0) is 67.3 Å². The van der Waals surface area contributed by atoms with E-state index in [1.54, 1.807) is 6.08 Å². The van der Waals surface area contributed by atoms with Crippen LogP contribution in [0.4, 0.5) is 0 Å². The summed E-state index contributed by atoms with van der Waals surface area (Å²) < 4.78 is 2.09. The van der Waals surface area contributed by atoms with Crippen molar-refractivity contribution in [1.29, 1.82) is 0 Å². The van der Waals surface area contributed by atoms with Crippen LogP contribution in [0.15, 0.2) is 54.7 Å². The van der Waals surface area contributed by atoms with E-state index in [0.717, 1.165) is 70.1 Å². The van der Waals surface area contributed by atoms with Crippen LogP contribution in [-0.4, -0.2) is 30.8 Å². The van der Waals surface area contributed by atoms with Crippen LogP contribution in [0.3, 0.4) is 0 Å². The molecule has 148 valence electrons. The lowest BCUT2D eigenvalue weighted by molar-refractivity contribution is -0.131. The first-order chi connectivity index (χ1) is 14.6. The van der Waals surface area contributed by atoms with E-state index in [1.165, 1.54) is 5.69 Å². The fourth-order valence-corrected chi connectivity index (χ4v) is 4.12. The Morgan fingerprint density at radius 3 is 2.93 bits per heavy atom. The van der Waals surface area contributed by atoms with Crippen molar-refractivity contribution < 1.29 is 9.90 Å². The lowest BCUT2D eigenvalue weighted by Gasteiger charge is -2.10. The van der Waals surface area contributed by atoms with Crippen LogP contribution in [0, 0.1) is 6.92 Å². The number of carboxylic acids is 1. The van der Waals surface area contributed by atoms with Gasteiger partial charge in [0.2, 0.25) is 0 Å². The van der Waals surface area contributed by atoms with E-state index in [4.69, 9.17) is 15.2 Å². The highest BCUT2D eigenvalue weighted by atomic mass is 16.4. The molecular weight excluding hydrogens is 376 g/mol. The molecule has 0 spiro atoms. The van der Waals surface area contributed by atoms with E-state index in [-0.39, 0.29) is 0 Å². The van der Waals surface area contributed by atoms with Gasteiger partial charge >= 0.3 is 5.97 Å². The third-order valence-electron chi connectivity index (χ3n) is 5.43. The summed E-state index contributed by atoms with van der Waals surface area (Å²) in [7, 11) is 0. The number of hydrogen-bond donors (Lipinski definition) is 1. The molecule has 1 aliphatic heterocycles. The van der Waals surface area contributed by atoms with Crippen LogP contribution in [-0.2, 0) is 17.8 Å². The van der Waals surface area contributed by atoms with E-state index in [1.807, 2.05) is 55.6 Å². The van der Waals surface area contributed by atoms with Gasteiger partial charge in [-0.15, -0.1) is 0 Å². The molecule has 0 saturated heterocycles. The predicted octanol–water partition coefficient (Wildman–Crippen LogP) is 4.51. The number of carboxylic acid groups (broad SMARTS) is 1. The normalized spacial score (nSPS) is 13.2. The SMILES string of the molecule is Cc1cccc(-c2nn3c(c2-c2ccnc4ccc(C=CC(=O)O)cc24)CCC3)n1. The molecule has 0 radical (unpaired) electrons. The van der Waals surface area contributed by atoms with Gasteiger partial charge in [0.25, 0.3) is 0 Å². The van der Waals surface area contributed by atoms with Gasteiger partial charge in [-0.25, -0.2) is 4.79 Å². The number of aromatic nitrogens is 4. The van der Waals surface area contributed by atoms with Crippen molar-refractivity contribution in [1.82, 2.24) is 19.7 Å². The summed E-state index contributed by atoms with van der Waals surface area (Å²) in [6.07, 6.45) is 6.61. The highest BCUT2D eigenvalue weighted by Crippen LogP contribution is 2.39. The molecule has 0 bridgehead atoms. The average molecular weight is 396 g/mol. The standard InChI is InChI=1S/C24H20N4O2/c1-15-4-2-5-20(26-15)24-23(21-6-3-13-28(21)27-24)17-11-12-25-19-9-7-16(14-18(17)19)8-10-22(29)30/h2,4-5,7-12,14H,3,6,13H2,1H3,(H,29,30). The zero-order chi connectivity index (χ0) is 20.7. The average Bonchev–Trinajstić information content (AvgIpc) is 3.33. The monoisotopic (exact) mass is 396 g/mol. The molecule has 1 aromatic carbocycles. The largest absolute Gasteiger partial charge is 0.478 e. The molecule has 0 unspecified atom stereocenters. The molecule has 1 aliphatic rings. The molecule has 3 aromatic heterocycles. The Morgan fingerprint density at radius 2 is 2.10 bits per heavy atom. The van der Waals surface area contributed by atoms with Crippen LogP contribution in [0.2, 0.25) is 0 Å². The minimum atomic E-state index is -0.969. The van der Waals surface area contributed by atoms with Crippen molar-refractivity contribution in [3.63, 3.8) is 0 Å². The summed E-state index contributed by atoms with van der Waals surface area (Å²) in [6.45, 7) is 2.89. The van der Waals surface area contributed by atoms with Gasteiger partial charge in [0.1, 0.15) is 5.69 Å². The summed E-state index contributed by atoms with van der Waals surface area (Å²) in [5.74, 6) is -0.969. The molecule has 4 heterocycles. The number of rotatable bonds is 4. The van der Waals surface area contributed by atoms with Crippen molar-refractivity contribution in [3.05, 3.63) is 71.7 Å². The molecule has 1 N–H and O–H groups in total. The Labute approximate surface area is 173 Å². The second kappa shape index (κ2) is 7.22. The third kappa shape index (κ3) is 3.16. The quantitative estimate of drug-likeness (QED) is 0.513. The zero-order valence-corrected chi connectivity index (χ0v) is 16.5. The van der Waals surface area contributed by atoms with E-state index in [9.17, 15) is 4.79 Å². The van der Waals surface area contributed by atoms with E-state index < -0.39 is 5.97 Å². The molecule has 0 saturated carbocycles. The first-order valence-corrected chi connectivity index (χ1v) is 9.94. The van der Waals surface area contributed by atoms with Crippen LogP contribution in [0.1, 0.15) is 23.4 Å². The smallest absolute Gasteiger partial charge is 0.328 e. The van der Waals surface area contributed by atoms with Crippen LogP contribution in [0.25, 0.3) is 39.5 Å². The number of fused-ring (bicyclic) bond motifs is 2. The van der Waals surface area contributed by atoms with E-state index in [0.29, 0.717) is 0 Å². The van der Waals surface area contributed by atoms with Crippen LogP contribution in [0.5, 0.6) is 0 Å². The number of carbonyl (C=O) groups is 1. The topological polar surface area (TPSA) is 80.9 Å². The number of benzene rings is 1. The fourth-order valence-electron chi connectivity index (χ4n) is 4.12. The highest BCUT2D eigenvalue weighted by Gasteiger charge is 2.25. The highest BCUT2D eigenvalue weighted by molar-refractivity contribution is 6.00. The maximum absolute atomic E-state index is 10.9. The maximum Gasteiger partial charge on any atom is 0.328 e. The van der Waals surface area contributed by atoms with Gasteiger partial charge in [0.05, 0.1) is 11.2 Å². The Hall–Kier alpha value is -3.80. The van der Waals surface area contributed by atoms with Crippen molar-refractivity contribution in [2.45, 2.75) is 26.3 Å². The molecular formula is C24H20N4O2. The lowest BCUT2D eigenvalue weighted by atomic mass is 9.95. The van der Waals surface area contributed by atoms with Gasteiger partial charge in [0.15, 0.2) is 0 Å². The molecule has 30 heavy (non-hydrogen) atoms. The summed E-state index contributed by atoms with van der Waals surface area (Å²) in [5, 5.41) is 14.8. The predicted molar refractivity (Wildman–Crippen MR) is 116 cm³/mol. The van der Waals surface area contributed by atoms with E-state index >= 15 is 0 Å². The summed E-state index contributed by atoms with van der Waals surface area (Å²) in [5.41, 5.74) is 7.73. The minimum Gasteiger partial charge on any atom is -0.478 e. The number of aliphatic carboxylic acids is 1. The Bertz CT molecular complexity index is 1320. The molecule has 6 nitrogen and oxygen atoms in total. The van der Waals surface area contributed by atoms with E-state index in [2.05, 4.69) is 9.67 Å². The fraction of sp³-hybridized carbons (Fsp3) is 0.167. The maximum atomic E-state index is 10.9. The third-order valence-corrected chi connectivity index (χ3v) is 5.43. The number of aryl methyl sites for hydroxylation is 2. The molecule has 4 aromatic rings. The summed E-state index contributed by atoms with van der Waals surface area (Å²) >= 11 is 0. The van der Waals surface area contributed by atoms with Crippen molar-refractivity contribution in [3.8, 4) is 22.5 Å². The van der Waals surface area contributed by atoms with Crippen LogP contribution >= 0.6 is 0 Å². The number of pyridine rings is 2. The molecule has 0 amide bonds. The van der Waals surface area contributed by atoms with Crippen molar-refractivity contribution >= 4 is 22.9 Å². The van der Waals surface area contributed by atoms with Crippen molar-refractivity contribution in [2.24, 2.45) is 0 Å². The number of nitrogens with zero attached hydrogens (tertiary/aromatic N) is 4. The lowest BCUT2D eigenvalue weighted by Crippen LogP contribution is -1.95. The van der Waals surface area contributed by atoms with Gasteiger partial charge in [0, 0.05) is 41.2 Å². The molecule has 0 atom stereocenters. The van der Waals surface area contributed by atoms with Gasteiger partial charge in [-0.3, -0.25) is 14.6 Å². The second-order valence-electron chi connectivity index (χ2n) is 7.47. The summed E-state index contributed by atoms with van der Waals surface area (Å²) in [6, 6.07) is 13.8. The molecule has 6 heteroatoms. The van der Waals surface area contributed by atoms with Crippen molar-refractivity contribution in [2.75, 3.05) is 0 Å². The van der Waals surface area contributed by atoms with Gasteiger partial charge in [-0.1, -0.05) is 12.1 Å². The van der Waals surface area contributed by atoms with Gasteiger partial charge < -0.3 is 5.11 Å². The minimum absolute atomic E-state index is 0.818. The Morgan fingerprint density at radius 1 is 1.20 bits per heavy atom.